The maximum absolute atomic E-state index is 12.4. The number of carbonyl (C=O) groups is 1. The van der Waals surface area contributed by atoms with Crippen molar-refractivity contribution in [3.05, 3.63) is 11.1 Å². The van der Waals surface area contributed by atoms with E-state index in [0.29, 0.717) is 24.2 Å². The maximum atomic E-state index is 12.4. The van der Waals surface area contributed by atoms with Crippen molar-refractivity contribution in [3.8, 4) is 0 Å². The van der Waals surface area contributed by atoms with E-state index in [9.17, 15) is 15.0 Å². The third-order valence-electron chi connectivity index (χ3n) is 12.0. The molecular weight excluding hydrogens is 408 g/mol. The van der Waals surface area contributed by atoms with Crippen molar-refractivity contribution < 1.29 is 15.0 Å². The molecule has 188 valence electrons. The lowest BCUT2D eigenvalue weighted by Gasteiger charge is -2.62. The summed E-state index contributed by atoms with van der Waals surface area (Å²) in [5.41, 5.74) is 3.11. The topological polar surface area (TPSA) is 57.5 Å². The minimum atomic E-state index is -1.21. The zero-order valence-electron chi connectivity index (χ0n) is 22.7. The van der Waals surface area contributed by atoms with E-state index in [1.807, 2.05) is 0 Å². The molecule has 0 aliphatic heterocycles. The number of Topliss-reactive ketones (excluding diaryl/α,β-unsaturated/α-hetero) is 1. The number of aliphatic hydroxyl groups is 2. The Bertz CT molecular complexity index is 832. The van der Waals surface area contributed by atoms with E-state index in [0.717, 1.165) is 19.3 Å². The van der Waals surface area contributed by atoms with Gasteiger partial charge in [0.1, 0.15) is 5.60 Å². The average molecular weight is 459 g/mol. The Balaban J connectivity index is 1.61. The summed E-state index contributed by atoms with van der Waals surface area (Å²) in [5, 5.41) is 20.9. The van der Waals surface area contributed by atoms with Gasteiger partial charge in [0, 0.05) is 6.42 Å². The van der Waals surface area contributed by atoms with Crippen LogP contribution in [0.15, 0.2) is 11.1 Å². The van der Waals surface area contributed by atoms with Gasteiger partial charge in [-0.3, -0.25) is 4.79 Å². The van der Waals surface area contributed by atoms with Crippen LogP contribution in [0, 0.1) is 39.4 Å². The summed E-state index contributed by atoms with van der Waals surface area (Å²) in [5.74, 6) is 1.69. The number of fused-ring (bicyclic) bond motifs is 4. The molecule has 4 rings (SSSR count). The quantitative estimate of drug-likeness (QED) is 0.443. The van der Waals surface area contributed by atoms with E-state index in [4.69, 9.17) is 0 Å². The highest BCUT2D eigenvalue weighted by atomic mass is 16.3. The standard InChI is InChI=1S/C30H50O3/c1-19(9-12-25(32)27(4,5)33)20-13-17-30(8)22-10-11-23-26(2,3)24(31)15-16-28(23,6)21(22)14-18-29(20,30)7/h19-20,23-24,31,33H,9-18H2,1-8H3/t19?,20?,23-,24-,28+,29+,30-/m0/s1. The number of carbonyl (C=O) groups excluding carboxylic acids is 1. The van der Waals surface area contributed by atoms with Crippen LogP contribution in [0.4, 0.5) is 0 Å². The normalized spacial score (nSPS) is 43.5. The van der Waals surface area contributed by atoms with Gasteiger partial charge in [-0.1, -0.05) is 52.7 Å². The molecular formula is C30H50O3. The molecule has 0 bridgehead atoms. The predicted molar refractivity (Wildman–Crippen MR) is 135 cm³/mol. The number of ketones is 1. The van der Waals surface area contributed by atoms with Crippen molar-refractivity contribution >= 4 is 5.78 Å². The smallest absolute Gasteiger partial charge is 0.163 e. The van der Waals surface area contributed by atoms with Gasteiger partial charge in [-0.2, -0.15) is 0 Å². The molecule has 0 saturated heterocycles. The molecule has 0 aromatic rings. The summed E-state index contributed by atoms with van der Waals surface area (Å²) in [7, 11) is 0. The second-order valence-corrected chi connectivity index (χ2v) is 14.2. The van der Waals surface area contributed by atoms with Gasteiger partial charge in [0.05, 0.1) is 6.10 Å². The molecule has 3 nitrogen and oxygen atoms in total. The van der Waals surface area contributed by atoms with Crippen molar-refractivity contribution in [2.45, 2.75) is 131 Å². The highest BCUT2D eigenvalue weighted by Gasteiger charge is 2.63. The summed E-state index contributed by atoms with van der Waals surface area (Å²) in [6.07, 6.45) is 10.7. The minimum absolute atomic E-state index is 0.00701. The molecule has 33 heavy (non-hydrogen) atoms. The molecule has 2 saturated carbocycles. The van der Waals surface area contributed by atoms with E-state index in [2.05, 4.69) is 41.5 Å². The van der Waals surface area contributed by atoms with Crippen LogP contribution in [0.1, 0.15) is 120 Å². The van der Waals surface area contributed by atoms with Gasteiger partial charge in [-0.15, -0.1) is 0 Å². The molecule has 0 aromatic heterocycles. The second kappa shape index (κ2) is 7.92. The number of hydrogen-bond donors (Lipinski definition) is 2. The van der Waals surface area contributed by atoms with E-state index < -0.39 is 5.60 Å². The van der Waals surface area contributed by atoms with Crippen LogP contribution in [-0.4, -0.2) is 27.7 Å². The first kappa shape index (κ1) is 25.4. The Morgan fingerprint density at radius 2 is 1.67 bits per heavy atom. The molecule has 0 amide bonds. The monoisotopic (exact) mass is 458 g/mol. The van der Waals surface area contributed by atoms with Crippen LogP contribution in [0.25, 0.3) is 0 Å². The lowest BCUT2D eigenvalue weighted by atomic mass is 9.43. The summed E-state index contributed by atoms with van der Waals surface area (Å²) >= 11 is 0. The summed E-state index contributed by atoms with van der Waals surface area (Å²) in [4.78, 5) is 12.4. The maximum Gasteiger partial charge on any atom is 0.163 e. The lowest BCUT2D eigenvalue weighted by Crippen LogP contribution is -2.55. The highest BCUT2D eigenvalue weighted by molar-refractivity contribution is 5.86. The molecule has 3 heteroatoms. The second-order valence-electron chi connectivity index (χ2n) is 14.2. The van der Waals surface area contributed by atoms with E-state index >= 15 is 0 Å². The SMILES string of the molecule is CC(CCC(=O)C(C)(C)O)C1CC[C@@]2(C)C3=C(CC[C@]12C)[C@@]1(C)CC[C@H](O)C(C)(C)[C@@H]1CC3. The van der Waals surface area contributed by atoms with Gasteiger partial charge >= 0.3 is 0 Å². The van der Waals surface area contributed by atoms with Crippen LogP contribution < -0.4 is 0 Å². The first-order chi connectivity index (χ1) is 15.1. The van der Waals surface area contributed by atoms with Crippen LogP contribution in [0.5, 0.6) is 0 Å². The van der Waals surface area contributed by atoms with Gasteiger partial charge in [-0.05, 0) is 111 Å². The Morgan fingerprint density at radius 1 is 1.00 bits per heavy atom. The summed E-state index contributed by atoms with van der Waals surface area (Å²) in [6, 6.07) is 0. The van der Waals surface area contributed by atoms with Gasteiger partial charge in [0.15, 0.2) is 5.78 Å². The first-order valence-electron chi connectivity index (χ1n) is 13.8. The molecule has 2 fully saturated rings. The van der Waals surface area contributed by atoms with E-state index in [1.165, 1.54) is 38.5 Å². The predicted octanol–water partition coefficient (Wildman–Crippen LogP) is 6.85. The van der Waals surface area contributed by atoms with Gasteiger partial charge in [0.2, 0.25) is 0 Å². The Hall–Kier alpha value is -0.670. The van der Waals surface area contributed by atoms with Crippen LogP contribution in [0.2, 0.25) is 0 Å². The third kappa shape index (κ3) is 3.62. The molecule has 2 unspecified atom stereocenters. The lowest BCUT2D eigenvalue weighted by molar-refractivity contribution is -0.134. The summed E-state index contributed by atoms with van der Waals surface area (Å²) < 4.78 is 0. The third-order valence-corrected chi connectivity index (χ3v) is 12.0. The molecule has 0 radical (unpaired) electrons. The molecule has 0 spiro atoms. The highest BCUT2D eigenvalue weighted by Crippen LogP contribution is 2.72. The van der Waals surface area contributed by atoms with Gasteiger partial charge in [0.25, 0.3) is 0 Å². The van der Waals surface area contributed by atoms with Crippen LogP contribution >= 0.6 is 0 Å². The fourth-order valence-corrected chi connectivity index (χ4v) is 9.49. The fraction of sp³-hybridized carbons (Fsp3) is 0.900. The molecule has 4 aliphatic rings. The van der Waals surface area contributed by atoms with Crippen molar-refractivity contribution in [2.24, 2.45) is 39.4 Å². The molecule has 4 aliphatic carbocycles. The molecule has 0 heterocycles. The first-order valence-corrected chi connectivity index (χ1v) is 13.8. The average Bonchev–Trinajstić information content (AvgIpc) is 3.00. The molecule has 2 N–H and O–H groups in total. The number of hydrogen-bond acceptors (Lipinski definition) is 3. The van der Waals surface area contributed by atoms with Crippen molar-refractivity contribution in [1.82, 2.24) is 0 Å². The Kier molecular flexibility index (Phi) is 6.10. The van der Waals surface area contributed by atoms with Gasteiger partial charge < -0.3 is 10.2 Å². The Morgan fingerprint density at radius 3 is 2.30 bits per heavy atom. The van der Waals surface area contributed by atoms with E-state index in [-0.39, 0.29) is 33.5 Å². The van der Waals surface area contributed by atoms with Crippen molar-refractivity contribution in [3.63, 3.8) is 0 Å². The molecule has 7 atom stereocenters. The number of aliphatic hydroxyl groups excluding tert-OH is 1. The van der Waals surface area contributed by atoms with Crippen LogP contribution in [-0.2, 0) is 4.79 Å². The fourth-order valence-electron chi connectivity index (χ4n) is 9.49. The van der Waals surface area contributed by atoms with E-state index in [1.54, 1.807) is 25.0 Å². The number of rotatable bonds is 5. The van der Waals surface area contributed by atoms with Gasteiger partial charge in [-0.25, -0.2) is 0 Å². The van der Waals surface area contributed by atoms with Crippen molar-refractivity contribution in [2.75, 3.05) is 0 Å². The zero-order chi connectivity index (χ0) is 24.6. The Labute approximate surface area is 202 Å². The zero-order valence-corrected chi connectivity index (χ0v) is 22.7. The molecule has 0 aromatic carbocycles. The summed E-state index contributed by atoms with van der Waals surface area (Å²) in [6.45, 7) is 17.9. The minimum Gasteiger partial charge on any atom is -0.393 e. The number of allylic oxidation sites excluding steroid dienone is 2. The van der Waals surface area contributed by atoms with Crippen molar-refractivity contribution in [1.29, 1.82) is 0 Å². The largest absolute Gasteiger partial charge is 0.393 e. The van der Waals surface area contributed by atoms with Crippen LogP contribution in [0.3, 0.4) is 0 Å².